The zero-order chi connectivity index (χ0) is 25.4. The minimum Gasteiger partial charge on any atom is -0.398 e. The molecule has 1 amide bonds. The predicted molar refractivity (Wildman–Crippen MR) is 131 cm³/mol. The van der Waals surface area contributed by atoms with Crippen LogP contribution >= 0.6 is 0 Å². The van der Waals surface area contributed by atoms with E-state index in [1.54, 1.807) is 11.2 Å². The van der Waals surface area contributed by atoms with Crippen molar-refractivity contribution in [2.45, 2.75) is 24.9 Å². The second-order valence-electron chi connectivity index (χ2n) is 9.48. The van der Waals surface area contributed by atoms with Gasteiger partial charge in [0.1, 0.15) is 11.8 Å². The minimum absolute atomic E-state index is 0.0899. The number of aromatic nitrogens is 3. The standard InChI is InChI=1S/C25H28F3N7O/c1-33-8-10-34(11-9-33)18-13-21-23(30-14-18)22(32-15-31-21)16-4-6-35(7-5-16)24(36)19-3-2-17(12-20(19)29)25(26,27)28/h2-3,12-16H,4-11,29H2,1H3. The average molecular weight is 500 g/mol. The first-order valence-corrected chi connectivity index (χ1v) is 12.0. The molecule has 2 saturated heterocycles. The molecule has 0 aliphatic carbocycles. The van der Waals surface area contributed by atoms with Gasteiger partial charge in [-0.15, -0.1) is 0 Å². The summed E-state index contributed by atoms with van der Waals surface area (Å²) < 4.78 is 38.8. The highest BCUT2D eigenvalue weighted by Crippen LogP contribution is 2.34. The number of carbonyl (C=O) groups is 1. The number of alkyl halides is 3. The number of benzene rings is 1. The van der Waals surface area contributed by atoms with Gasteiger partial charge in [-0.3, -0.25) is 9.78 Å². The van der Waals surface area contributed by atoms with E-state index in [0.717, 1.165) is 66.8 Å². The number of fused-ring (bicyclic) bond motifs is 1. The van der Waals surface area contributed by atoms with Crippen LogP contribution in [0.3, 0.4) is 0 Å². The van der Waals surface area contributed by atoms with E-state index in [4.69, 9.17) is 10.7 Å². The van der Waals surface area contributed by atoms with Crippen LogP contribution in [0, 0.1) is 0 Å². The van der Waals surface area contributed by atoms with Crippen LogP contribution in [0.2, 0.25) is 0 Å². The van der Waals surface area contributed by atoms with Crippen molar-refractivity contribution in [3.05, 3.63) is 53.6 Å². The van der Waals surface area contributed by atoms with Crippen molar-refractivity contribution in [1.29, 1.82) is 0 Å². The van der Waals surface area contributed by atoms with E-state index in [0.29, 0.717) is 25.9 Å². The molecule has 8 nitrogen and oxygen atoms in total. The number of anilines is 2. The number of nitrogen functional groups attached to an aromatic ring is 1. The number of likely N-dealkylation sites (tertiary alicyclic amines) is 1. The van der Waals surface area contributed by atoms with Crippen molar-refractivity contribution < 1.29 is 18.0 Å². The summed E-state index contributed by atoms with van der Waals surface area (Å²) in [6.07, 6.45) is 0.272. The van der Waals surface area contributed by atoms with Crippen molar-refractivity contribution in [3.8, 4) is 0 Å². The van der Waals surface area contributed by atoms with Crippen LogP contribution in [-0.4, -0.2) is 77.0 Å². The van der Waals surface area contributed by atoms with Crippen LogP contribution in [0.4, 0.5) is 24.5 Å². The minimum atomic E-state index is -4.51. The van der Waals surface area contributed by atoms with Gasteiger partial charge in [0, 0.05) is 50.9 Å². The second-order valence-corrected chi connectivity index (χ2v) is 9.48. The van der Waals surface area contributed by atoms with E-state index < -0.39 is 11.7 Å². The summed E-state index contributed by atoms with van der Waals surface area (Å²) in [7, 11) is 2.12. The molecule has 5 rings (SSSR count). The summed E-state index contributed by atoms with van der Waals surface area (Å²) in [6.45, 7) is 4.80. The Balaban J connectivity index is 1.28. The molecule has 0 radical (unpaired) electrons. The fourth-order valence-corrected chi connectivity index (χ4v) is 4.95. The van der Waals surface area contributed by atoms with Crippen molar-refractivity contribution in [2.75, 3.05) is 56.9 Å². The Bertz CT molecular complexity index is 1270. The third kappa shape index (κ3) is 4.79. The number of halogens is 3. The SMILES string of the molecule is CN1CCN(c2cnc3c(C4CCN(C(=O)c5ccc(C(F)(F)F)cc5N)CC4)ncnc3c2)CC1. The van der Waals surface area contributed by atoms with Crippen molar-refractivity contribution >= 4 is 28.3 Å². The average Bonchev–Trinajstić information content (AvgIpc) is 2.87. The third-order valence-corrected chi connectivity index (χ3v) is 7.14. The van der Waals surface area contributed by atoms with Gasteiger partial charge in [-0.2, -0.15) is 13.2 Å². The first kappa shape index (κ1) is 24.2. The Hall–Kier alpha value is -3.47. The maximum Gasteiger partial charge on any atom is 0.416 e. The predicted octanol–water partition coefficient (Wildman–Crippen LogP) is 3.40. The van der Waals surface area contributed by atoms with Gasteiger partial charge in [0.15, 0.2) is 0 Å². The fraction of sp³-hybridized carbons (Fsp3) is 0.440. The number of likely N-dealkylation sites (N-methyl/N-ethyl adjacent to an activating group) is 1. The first-order chi connectivity index (χ1) is 17.2. The van der Waals surface area contributed by atoms with Crippen LogP contribution in [0.25, 0.3) is 11.0 Å². The molecule has 190 valence electrons. The Morgan fingerprint density at radius 2 is 1.72 bits per heavy atom. The largest absolute Gasteiger partial charge is 0.416 e. The van der Waals surface area contributed by atoms with Crippen molar-refractivity contribution in [3.63, 3.8) is 0 Å². The normalized spacial score (nSPS) is 18.1. The Labute approximate surface area is 206 Å². The van der Waals surface area contributed by atoms with Gasteiger partial charge in [0.25, 0.3) is 5.91 Å². The highest BCUT2D eigenvalue weighted by molar-refractivity contribution is 5.99. The highest BCUT2D eigenvalue weighted by atomic mass is 19.4. The van der Waals surface area contributed by atoms with Gasteiger partial charge in [0.05, 0.1) is 34.2 Å². The third-order valence-electron chi connectivity index (χ3n) is 7.14. The molecule has 0 bridgehead atoms. The molecule has 36 heavy (non-hydrogen) atoms. The number of carbonyl (C=O) groups excluding carboxylic acids is 1. The molecule has 0 unspecified atom stereocenters. The zero-order valence-electron chi connectivity index (χ0n) is 20.0. The Morgan fingerprint density at radius 1 is 1.00 bits per heavy atom. The highest BCUT2D eigenvalue weighted by Gasteiger charge is 2.32. The van der Waals surface area contributed by atoms with Crippen molar-refractivity contribution in [2.24, 2.45) is 0 Å². The van der Waals surface area contributed by atoms with Crippen LogP contribution in [0.15, 0.2) is 36.8 Å². The maximum absolute atomic E-state index is 13.0. The fourth-order valence-electron chi connectivity index (χ4n) is 4.95. The number of amides is 1. The van der Waals surface area contributed by atoms with Gasteiger partial charge in [-0.1, -0.05) is 0 Å². The van der Waals surface area contributed by atoms with Gasteiger partial charge < -0.3 is 20.4 Å². The molecule has 2 aromatic heterocycles. The number of piperazine rings is 1. The lowest BCUT2D eigenvalue weighted by Crippen LogP contribution is -2.44. The monoisotopic (exact) mass is 499 g/mol. The molecule has 0 saturated carbocycles. The Kier molecular flexibility index (Phi) is 6.42. The number of hydrogen-bond donors (Lipinski definition) is 1. The molecule has 2 aliphatic rings. The van der Waals surface area contributed by atoms with E-state index in [2.05, 4.69) is 32.9 Å². The summed E-state index contributed by atoms with van der Waals surface area (Å²) in [5.41, 5.74) is 8.34. The summed E-state index contributed by atoms with van der Waals surface area (Å²) in [5.74, 6) is -0.256. The molecule has 1 aromatic carbocycles. The summed E-state index contributed by atoms with van der Waals surface area (Å²) >= 11 is 0. The number of hydrogen-bond acceptors (Lipinski definition) is 7. The van der Waals surface area contributed by atoms with Crippen LogP contribution < -0.4 is 10.6 Å². The summed E-state index contributed by atoms with van der Waals surface area (Å²) in [5, 5.41) is 0. The number of piperidine rings is 1. The smallest absolute Gasteiger partial charge is 0.398 e. The molecular weight excluding hydrogens is 471 g/mol. The van der Waals surface area contributed by atoms with E-state index >= 15 is 0 Å². The van der Waals surface area contributed by atoms with E-state index in [1.807, 2.05) is 6.20 Å². The van der Waals surface area contributed by atoms with Crippen molar-refractivity contribution in [1.82, 2.24) is 24.8 Å². The number of rotatable bonds is 3. The van der Waals surface area contributed by atoms with Crippen LogP contribution in [-0.2, 0) is 6.18 Å². The molecule has 0 spiro atoms. The number of pyridine rings is 1. The summed E-state index contributed by atoms with van der Waals surface area (Å²) in [6, 6.07) is 4.93. The Morgan fingerprint density at radius 3 is 2.39 bits per heavy atom. The molecule has 2 fully saturated rings. The molecule has 2 aliphatic heterocycles. The van der Waals surface area contributed by atoms with E-state index in [9.17, 15) is 18.0 Å². The molecule has 4 heterocycles. The second kappa shape index (κ2) is 9.53. The van der Waals surface area contributed by atoms with Gasteiger partial charge in [-0.25, -0.2) is 9.97 Å². The van der Waals surface area contributed by atoms with Gasteiger partial charge in [0.2, 0.25) is 0 Å². The quantitative estimate of drug-likeness (QED) is 0.553. The van der Waals surface area contributed by atoms with Gasteiger partial charge >= 0.3 is 6.18 Å². The lowest BCUT2D eigenvalue weighted by atomic mass is 9.91. The van der Waals surface area contributed by atoms with Crippen LogP contribution in [0.1, 0.15) is 40.4 Å². The molecule has 2 N–H and O–H groups in total. The molecule has 11 heteroatoms. The lowest BCUT2D eigenvalue weighted by molar-refractivity contribution is -0.137. The van der Waals surface area contributed by atoms with Crippen LogP contribution in [0.5, 0.6) is 0 Å². The van der Waals surface area contributed by atoms with Gasteiger partial charge in [-0.05, 0) is 44.2 Å². The number of nitrogens with zero attached hydrogens (tertiary/aromatic N) is 6. The molecule has 0 atom stereocenters. The zero-order valence-corrected chi connectivity index (χ0v) is 20.0. The summed E-state index contributed by atoms with van der Waals surface area (Å²) in [4.78, 5) is 32.9. The topological polar surface area (TPSA) is 91.5 Å². The van der Waals surface area contributed by atoms with E-state index in [-0.39, 0.29) is 23.1 Å². The van der Waals surface area contributed by atoms with E-state index in [1.165, 1.54) is 0 Å². The first-order valence-electron chi connectivity index (χ1n) is 12.0. The molecule has 3 aromatic rings. The molecular formula is C25H28F3N7O. The number of nitrogens with two attached hydrogens (primary N) is 1. The maximum atomic E-state index is 13.0. The lowest BCUT2D eigenvalue weighted by Gasteiger charge is -2.34.